The van der Waals surface area contributed by atoms with Crippen LogP contribution < -0.4 is 10.1 Å². The molecule has 1 N–H and O–H groups in total. The van der Waals surface area contributed by atoms with Gasteiger partial charge in [0, 0.05) is 55.0 Å². The van der Waals surface area contributed by atoms with E-state index < -0.39 is 0 Å². The third-order valence-corrected chi connectivity index (χ3v) is 7.89. The van der Waals surface area contributed by atoms with Crippen molar-refractivity contribution in [3.8, 4) is 5.75 Å². The number of aromatic nitrogens is 1. The normalized spacial score (nSPS) is 18.3. The molecule has 0 unspecified atom stereocenters. The lowest BCUT2D eigenvalue weighted by atomic mass is 9.93. The van der Waals surface area contributed by atoms with Crippen LogP contribution >= 0.6 is 11.3 Å². The summed E-state index contributed by atoms with van der Waals surface area (Å²) in [4.78, 5) is 36.8. The second-order valence-electron chi connectivity index (χ2n) is 10.8. The van der Waals surface area contributed by atoms with E-state index >= 15 is 0 Å². The monoisotopic (exact) mass is 513 g/mol. The van der Waals surface area contributed by atoms with Crippen molar-refractivity contribution < 1.29 is 14.3 Å². The highest BCUT2D eigenvalue weighted by atomic mass is 32.1. The van der Waals surface area contributed by atoms with Gasteiger partial charge in [0.15, 0.2) is 5.13 Å². The number of hydrogen-bond acceptors (Lipinski definition) is 7. The average Bonchev–Trinajstić information content (AvgIpc) is 3.34. The zero-order chi connectivity index (χ0) is 25.7. The molecule has 1 aromatic carbocycles. The van der Waals surface area contributed by atoms with Crippen LogP contribution in [-0.2, 0) is 21.5 Å². The predicted octanol–water partition coefficient (Wildman–Crippen LogP) is 3.44. The Morgan fingerprint density at radius 1 is 1.06 bits per heavy atom. The molecule has 0 bridgehead atoms. The number of benzene rings is 1. The van der Waals surface area contributed by atoms with Crippen LogP contribution in [0.1, 0.15) is 44.9 Å². The maximum atomic E-state index is 12.9. The molecule has 0 aliphatic carbocycles. The van der Waals surface area contributed by atoms with Crippen molar-refractivity contribution in [2.75, 3.05) is 58.2 Å². The fourth-order valence-electron chi connectivity index (χ4n) is 4.76. The number of anilines is 1. The number of amides is 2. The van der Waals surface area contributed by atoms with Crippen molar-refractivity contribution >= 4 is 28.3 Å². The SMILES string of the molecule is COc1ccccc1CN1CCN(C(=O)CN2CCC(C(=O)Nc3nc(C(C)(C)C)cs3)CC2)CC1. The summed E-state index contributed by atoms with van der Waals surface area (Å²) in [6.07, 6.45) is 1.53. The minimum absolute atomic E-state index is 0.0283. The molecule has 2 saturated heterocycles. The number of nitrogens with zero attached hydrogens (tertiary/aromatic N) is 4. The van der Waals surface area contributed by atoms with Gasteiger partial charge in [0.05, 0.1) is 19.3 Å². The molecule has 0 atom stereocenters. The highest BCUT2D eigenvalue weighted by molar-refractivity contribution is 7.13. The molecule has 4 rings (SSSR count). The molecular formula is C27H39N5O3S. The van der Waals surface area contributed by atoms with Gasteiger partial charge < -0.3 is 15.0 Å². The summed E-state index contributed by atoms with van der Waals surface area (Å²) in [5.41, 5.74) is 2.15. The molecule has 2 amide bonds. The van der Waals surface area contributed by atoms with Crippen LogP contribution in [0.5, 0.6) is 5.75 Å². The van der Waals surface area contributed by atoms with Crippen LogP contribution in [0, 0.1) is 5.92 Å². The van der Waals surface area contributed by atoms with Gasteiger partial charge in [-0.05, 0) is 32.0 Å². The van der Waals surface area contributed by atoms with E-state index in [4.69, 9.17) is 4.74 Å². The minimum Gasteiger partial charge on any atom is -0.496 e. The second-order valence-corrected chi connectivity index (χ2v) is 11.7. The van der Waals surface area contributed by atoms with E-state index in [1.165, 1.54) is 16.9 Å². The van der Waals surface area contributed by atoms with Crippen LogP contribution in [-0.4, -0.2) is 84.4 Å². The molecule has 2 aromatic rings. The van der Waals surface area contributed by atoms with E-state index in [1.807, 2.05) is 28.5 Å². The Balaban J connectivity index is 1.17. The quantitative estimate of drug-likeness (QED) is 0.611. The van der Waals surface area contributed by atoms with Gasteiger partial charge in [0.1, 0.15) is 5.75 Å². The van der Waals surface area contributed by atoms with Gasteiger partial charge in [0.2, 0.25) is 11.8 Å². The first-order valence-corrected chi connectivity index (χ1v) is 13.7. The Morgan fingerprint density at radius 2 is 1.75 bits per heavy atom. The molecule has 8 nitrogen and oxygen atoms in total. The largest absolute Gasteiger partial charge is 0.496 e. The van der Waals surface area contributed by atoms with E-state index in [1.54, 1.807) is 7.11 Å². The molecule has 36 heavy (non-hydrogen) atoms. The summed E-state index contributed by atoms with van der Waals surface area (Å²) in [5.74, 6) is 1.11. The summed E-state index contributed by atoms with van der Waals surface area (Å²) in [5, 5.41) is 5.69. The minimum atomic E-state index is -0.0307. The average molecular weight is 514 g/mol. The lowest BCUT2D eigenvalue weighted by Crippen LogP contribution is -2.51. The lowest BCUT2D eigenvalue weighted by Gasteiger charge is -2.37. The van der Waals surface area contributed by atoms with E-state index in [9.17, 15) is 9.59 Å². The molecular weight excluding hydrogens is 474 g/mol. The van der Waals surface area contributed by atoms with Crippen molar-refractivity contribution in [2.24, 2.45) is 5.92 Å². The Bertz CT molecular complexity index is 1030. The first-order chi connectivity index (χ1) is 17.2. The van der Waals surface area contributed by atoms with Gasteiger partial charge >= 0.3 is 0 Å². The number of nitrogens with one attached hydrogen (secondary N) is 1. The number of para-hydroxylation sites is 1. The number of carbonyl (C=O) groups excluding carboxylic acids is 2. The molecule has 3 heterocycles. The lowest BCUT2D eigenvalue weighted by molar-refractivity contribution is -0.134. The molecule has 2 aliphatic heterocycles. The predicted molar refractivity (Wildman–Crippen MR) is 143 cm³/mol. The van der Waals surface area contributed by atoms with Crippen LogP contribution in [0.25, 0.3) is 0 Å². The fraction of sp³-hybridized carbons (Fsp3) is 0.593. The molecule has 1 aromatic heterocycles. The molecule has 0 spiro atoms. The third kappa shape index (κ3) is 6.83. The summed E-state index contributed by atoms with van der Waals surface area (Å²) < 4.78 is 5.47. The first-order valence-electron chi connectivity index (χ1n) is 12.8. The second kappa shape index (κ2) is 11.7. The fourth-order valence-corrected chi connectivity index (χ4v) is 5.70. The van der Waals surface area contributed by atoms with Gasteiger partial charge in [-0.25, -0.2) is 4.98 Å². The van der Waals surface area contributed by atoms with Crippen LogP contribution in [0.15, 0.2) is 29.6 Å². The smallest absolute Gasteiger partial charge is 0.236 e. The standard InChI is InChI=1S/C27H39N5O3S/c1-27(2,3)23-19-36-26(28-23)29-25(34)20-9-11-30(12-10-20)18-24(33)32-15-13-31(14-16-32)17-21-7-5-6-8-22(21)35-4/h5-8,19-20H,9-18H2,1-4H3,(H,28,29,34). The first kappa shape index (κ1) is 26.6. The number of hydrogen-bond donors (Lipinski definition) is 1. The molecule has 196 valence electrons. The van der Waals surface area contributed by atoms with Crippen LogP contribution in [0.3, 0.4) is 0 Å². The number of piperidine rings is 1. The van der Waals surface area contributed by atoms with E-state index in [2.05, 4.69) is 46.9 Å². The van der Waals surface area contributed by atoms with Crippen molar-refractivity contribution in [1.82, 2.24) is 19.7 Å². The van der Waals surface area contributed by atoms with Crippen LogP contribution in [0.2, 0.25) is 0 Å². The Hall–Kier alpha value is -2.49. The highest BCUT2D eigenvalue weighted by Gasteiger charge is 2.29. The number of thiazole rings is 1. The highest BCUT2D eigenvalue weighted by Crippen LogP contribution is 2.27. The maximum Gasteiger partial charge on any atom is 0.236 e. The number of rotatable bonds is 7. The van der Waals surface area contributed by atoms with Crippen molar-refractivity contribution in [3.63, 3.8) is 0 Å². The zero-order valence-electron chi connectivity index (χ0n) is 22.0. The van der Waals surface area contributed by atoms with Gasteiger partial charge in [-0.2, -0.15) is 0 Å². The van der Waals surface area contributed by atoms with Crippen molar-refractivity contribution in [3.05, 3.63) is 40.9 Å². The van der Waals surface area contributed by atoms with Gasteiger partial charge in [-0.3, -0.25) is 19.4 Å². The van der Waals surface area contributed by atoms with Crippen LogP contribution in [0.4, 0.5) is 5.13 Å². The molecule has 0 radical (unpaired) electrons. The number of likely N-dealkylation sites (tertiary alicyclic amines) is 1. The third-order valence-electron chi connectivity index (χ3n) is 7.13. The van der Waals surface area contributed by atoms with Crippen molar-refractivity contribution in [1.29, 1.82) is 0 Å². The zero-order valence-corrected chi connectivity index (χ0v) is 22.8. The topological polar surface area (TPSA) is 78.0 Å². The molecule has 2 fully saturated rings. The van der Waals surface area contributed by atoms with Crippen molar-refractivity contribution in [2.45, 2.75) is 45.6 Å². The number of methoxy groups -OCH3 is 1. The van der Waals surface area contributed by atoms with Gasteiger partial charge in [0.25, 0.3) is 0 Å². The van der Waals surface area contributed by atoms with Gasteiger partial charge in [-0.1, -0.05) is 39.0 Å². The summed E-state index contributed by atoms with van der Waals surface area (Å²) in [6, 6.07) is 8.11. The molecule has 2 aliphatic rings. The summed E-state index contributed by atoms with van der Waals surface area (Å²) in [7, 11) is 1.70. The molecule has 9 heteroatoms. The number of carbonyl (C=O) groups is 2. The van der Waals surface area contributed by atoms with Gasteiger partial charge in [-0.15, -0.1) is 11.3 Å². The van der Waals surface area contributed by atoms with E-state index in [-0.39, 0.29) is 23.1 Å². The Kier molecular flexibility index (Phi) is 8.64. The van der Waals surface area contributed by atoms with E-state index in [0.29, 0.717) is 11.7 Å². The number of ether oxygens (including phenoxy) is 1. The number of piperazine rings is 1. The Morgan fingerprint density at radius 3 is 2.39 bits per heavy atom. The van der Waals surface area contributed by atoms with E-state index in [0.717, 1.165) is 70.1 Å². The maximum absolute atomic E-state index is 12.9. The summed E-state index contributed by atoms with van der Waals surface area (Å²) >= 11 is 1.48. The summed E-state index contributed by atoms with van der Waals surface area (Å²) in [6.45, 7) is 12.4. The Labute approximate surface area is 218 Å². The molecule has 0 saturated carbocycles.